The molecule has 5 atom stereocenters. The fraction of sp³-hybridized carbons (Fsp3) is 0.682. The number of nitrogens with one attached hydrogen (secondary N) is 1. The molecule has 26 heavy (non-hydrogen) atoms. The highest BCUT2D eigenvalue weighted by atomic mass is 16.6. The number of alkyl carbamates (subject to hydrolysis) is 1. The summed E-state index contributed by atoms with van der Waals surface area (Å²) in [6.07, 6.45) is 8.06. The summed E-state index contributed by atoms with van der Waals surface area (Å²) < 4.78 is 5.90. The molecule has 0 radical (unpaired) electrons. The van der Waals surface area contributed by atoms with Crippen LogP contribution in [0.4, 0.5) is 4.79 Å². The monoisotopic (exact) mass is 356 g/mol. The van der Waals surface area contributed by atoms with Crippen LogP contribution in [0.25, 0.3) is 0 Å². The second-order valence-electron chi connectivity index (χ2n) is 8.40. The van der Waals surface area contributed by atoms with E-state index in [2.05, 4.69) is 41.4 Å². The lowest BCUT2D eigenvalue weighted by atomic mass is 9.81. The molecule has 2 saturated heterocycles. The molecule has 4 heteroatoms. The number of amides is 1. The number of carbonyl (C=O) groups is 1. The van der Waals surface area contributed by atoms with E-state index in [9.17, 15) is 4.79 Å². The van der Waals surface area contributed by atoms with Gasteiger partial charge in [0.05, 0.1) is 0 Å². The number of aryl methyl sites for hydroxylation is 1. The number of nitrogens with zero attached hydrogens (tertiary/aromatic N) is 1. The Morgan fingerprint density at radius 2 is 2.08 bits per heavy atom. The Kier molecular flexibility index (Phi) is 5.49. The number of hydrogen-bond donors (Lipinski definition) is 1. The van der Waals surface area contributed by atoms with Crippen molar-refractivity contribution >= 4 is 6.09 Å². The van der Waals surface area contributed by atoms with Gasteiger partial charge in [-0.25, -0.2) is 4.79 Å². The van der Waals surface area contributed by atoms with Crippen molar-refractivity contribution < 1.29 is 9.53 Å². The molecule has 0 aromatic heterocycles. The summed E-state index contributed by atoms with van der Waals surface area (Å²) in [5, 5.41) is 2.97. The SMILES string of the molecule is C[C@H]1[C@@H]2C[C@H]([C@H]3CCCCN31)[C@H](OC(=O)NCCCc1ccccc1)C2. The van der Waals surface area contributed by atoms with E-state index in [0.717, 1.165) is 19.3 Å². The van der Waals surface area contributed by atoms with Crippen molar-refractivity contribution in [1.82, 2.24) is 10.2 Å². The zero-order valence-corrected chi connectivity index (χ0v) is 15.9. The van der Waals surface area contributed by atoms with E-state index in [0.29, 0.717) is 30.5 Å². The number of piperidine rings is 2. The summed E-state index contributed by atoms with van der Waals surface area (Å²) >= 11 is 0. The zero-order chi connectivity index (χ0) is 17.9. The summed E-state index contributed by atoms with van der Waals surface area (Å²) in [7, 11) is 0. The highest BCUT2D eigenvalue weighted by molar-refractivity contribution is 5.67. The lowest BCUT2D eigenvalue weighted by Gasteiger charge is -2.47. The van der Waals surface area contributed by atoms with Crippen molar-refractivity contribution in [2.45, 2.75) is 70.1 Å². The van der Waals surface area contributed by atoms with Gasteiger partial charge in [0.2, 0.25) is 0 Å². The Balaban J connectivity index is 1.24. The van der Waals surface area contributed by atoms with Crippen molar-refractivity contribution in [3.63, 3.8) is 0 Å². The minimum absolute atomic E-state index is 0.115. The van der Waals surface area contributed by atoms with E-state index < -0.39 is 0 Å². The maximum Gasteiger partial charge on any atom is 0.407 e. The molecule has 2 heterocycles. The standard InChI is InChI=1S/C22H32N2O2/c1-16-18-14-19(20-11-5-6-13-24(16)20)21(15-18)26-22(25)23-12-7-10-17-8-3-2-4-9-17/h2-4,8-9,16,18-21H,5-7,10-15H2,1H3,(H,23,25)/t16-,18+,19+,20+,21+/m0/s1. The minimum atomic E-state index is -0.217. The van der Waals surface area contributed by atoms with Gasteiger partial charge in [-0.3, -0.25) is 4.90 Å². The molecule has 2 aliphatic heterocycles. The van der Waals surface area contributed by atoms with Crippen LogP contribution in [-0.2, 0) is 11.2 Å². The van der Waals surface area contributed by atoms with Crippen LogP contribution in [-0.4, -0.2) is 42.3 Å². The molecule has 4 nitrogen and oxygen atoms in total. The van der Waals surface area contributed by atoms with Crippen molar-refractivity contribution in [1.29, 1.82) is 0 Å². The molecule has 1 amide bonds. The Labute approximate surface area is 157 Å². The van der Waals surface area contributed by atoms with E-state index in [1.807, 2.05) is 6.07 Å². The van der Waals surface area contributed by atoms with Gasteiger partial charge in [-0.15, -0.1) is 0 Å². The van der Waals surface area contributed by atoms with Gasteiger partial charge in [-0.2, -0.15) is 0 Å². The highest BCUT2D eigenvalue weighted by Gasteiger charge is 2.51. The molecule has 2 bridgehead atoms. The van der Waals surface area contributed by atoms with E-state index in [-0.39, 0.29) is 12.2 Å². The zero-order valence-electron chi connectivity index (χ0n) is 15.9. The van der Waals surface area contributed by atoms with E-state index in [1.165, 1.54) is 37.8 Å². The lowest BCUT2D eigenvalue weighted by molar-refractivity contribution is -0.0104. The van der Waals surface area contributed by atoms with Gasteiger partial charge < -0.3 is 10.1 Å². The topological polar surface area (TPSA) is 41.6 Å². The quantitative estimate of drug-likeness (QED) is 0.811. The van der Waals surface area contributed by atoms with Gasteiger partial charge in [0.1, 0.15) is 6.10 Å². The average molecular weight is 357 g/mol. The first-order valence-electron chi connectivity index (χ1n) is 10.5. The molecule has 142 valence electrons. The van der Waals surface area contributed by atoms with Crippen LogP contribution in [0.15, 0.2) is 30.3 Å². The molecular weight excluding hydrogens is 324 g/mol. The fourth-order valence-corrected chi connectivity index (χ4v) is 5.53. The molecule has 1 aromatic carbocycles. The van der Waals surface area contributed by atoms with Gasteiger partial charge in [-0.05, 0) is 63.5 Å². The third-order valence-corrected chi connectivity index (χ3v) is 6.89. The third-order valence-electron chi connectivity index (χ3n) is 6.89. The molecule has 0 spiro atoms. The number of benzene rings is 1. The van der Waals surface area contributed by atoms with Crippen LogP contribution in [0.3, 0.4) is 0 Å². The third kappa shape index (κ3) is 3.75. The number of carbonyl (C=O) groups excluding carboxylic acids is 1. The predicted octanol–water partition coefficient (Wildman–Crippen LogP) is 4.00. The minimum Gasteiger partial charge on any atom is -0.446 e. The number of rotatable bonds is 5. The molecule has 3 aliphatic rings. The van der Waals surface area contributed by atoms with Crippen LogP contribution >= 0.6 is 0 Å². The molecule has 1 saturated carbocycles. The molecular formula is C22H32N2O2. The van der Waals surface area contributed by atoms with Crippen molar-refractivity contribution in [3.05, 3.63) is 35.9 Å². The van der Waals surface area contributed by atoms with Crippen molar-refractivity contribution in [3.8, 4) is 0 Å². The Morgan fingerprint density at radius 1 is 1.23 bits per heavy atom. The molecule has 3 fully saturated rings. The second kappa shape index (κ2) is 7.99. The highest BCUT2D eigenvalue weighted by Crippen LogP contribution is 2.47. The van der Waals surface area contributed by atoms with Crippen LogP contribution < -0.4 is 5.32 Å². The molecule has 1 aliphatic carbocycles. The first-order valence-corrected chi connectivity index (χ1v) is 10.5. The maximum atomic E-state index is 12.3. The summed E-state index contributed by atoms with van der Waals surface area (Å²) in [6, 6.07) is 11.7. The Hall–Kier alpha value is -1.55. The molecule has 1 aromatic rings. The van der Waals surface area contributed by atoms with E-state index in [1.54, 1.807) is 0 Å². The predicted molar refractivity (Wildman–Crippen MR) is 103 cm³/mol. The number of hydrogen-bond acceptors (Lipinski definition) is 3. The van der Waals surface area contributed by atoms with E-state index in [4.69, 9.17) is 4.74 Å². The molecule has 0 unspecified atom stereocenters. The first kappa shape index (κ1) is 17.8. The Bertz CT molecular complexity index is 605. The first-order chi connectivity index (χ1) is 12.7. The summed E-state index contributed by atoms with van der Waals surface area (Å²) in [6.45, 7) is 4.29. The van der Waals surface area contributed by atoms with Gasteiger partial charge in [0.25, 0.3) is 0 Å². The number of ether oxygens (including phenoxy) is 1. The van der Waals surface area contributed by atoms with Crippen LogP contribution in [0.2, 0.25) is 0 Å². The second-order valence-corrected chi connectivity index (χ2v) is 8.40. The van der Waals surface area contributed by atoms with Gasteiger partial charge in [0.15, 0.2) is 0 Å². The van der Waals surface area contributed by atoms with E-state index >= 15 is 0 Å². The fourth-order valence-electron chi connectivity index (χ4n) is 5.53. The summed E-state index contributed by atoms with van der Waals surface area (Å²) in [4.78, 5) is 15.0. The van der Waals surface area contributed by atoms with Crippen LogP contribution in [0.1, 0.15) is 51.0 Å². The molecule has 4 rings (SSSR count). The summed E-state index contributed by atoms with van der Waals surface area (Å²) in [5.74, 6) is 1.25. The smallest absolute Gasteiger partial charge is 0.407 e. The van der Waals surface area contributed by atoms with Gasteiger partial charge in [-0.1, -0.05) is 36.8 Å². The molecule has 1 N–H and O–H groups in total. The average Bonchev–Trinajstić information content (AvgIpc) is 3.04. The van der Waals surface area contributed by atoms with Crippen molar-refractivity contribution in [2.75, 3.05) is 13.1 Å². The van der Waals surface area contributed by atoms with Crippen LogP contribution in [0, 0.1) is 11.8 Å². The number of fused-ring (bicyclic) bond motifs is 4. The maximum absolute atomic E-state index is 12.3. The normalized spacial score (nSPS) is 33.5. The summed E-state index contributed by atoms with van der Waals surface area (Å²) in [5.41, 5.74) is 1.32. The van der Waals surface area contributed by atoms with Gasteiger partial charge >= 0.3 is 6.09 Å². The largest absolute Gasteiger partial charge is 0.446 e. The Morgan fingerprint density at radius 3 is 2.92 bits per heavy atom. The van der Waals surface area contributed by atoms with Gasteiger partial charge in [0, 0.05) is 24.5 Å². The van der Waals surface area contributed by atoms with Crippen LogP contribution in [0.5, 0.6) is 0 Å². The lowest BCUT2D eigenvalue weighted by Crippen LogP contribution is -2.54. The van der Waals surface area contributed by atoms with Crippen molar-refractivity contribution in [2.24, 2.45) is 11.8 Å².